The van der Waals surface area contributed by atoms with Crippen molar-refractivity contribution in [1.29, 1.82) is 0 Å². The van der Waals surface area contributed by atoms with Crippen molar-refractivity contribution in [2.24, 2.45) is 0 Å². The van der Waals surface area contributed by atoms with Gasteiger partial charge in [0.1, 0.15) is 17.4 Å². The van der Waals surface area contributed by atoms with Gasteiger partial charge in [-0.2, -0.15) is 9.61 Å². The molecule has 0 aliphatic carbocycles. The van der Waals surface area contributed by atoms with E-state index in [0.29, 0.717) is 18.2 Å². The van der Waals surface area contributed by atoms with E-state index in [1.807, 2.05) is 48.5 Å². The first-order chi connectivity index (χ1) is 13.3. The third-order valence-corrected chi connectivity index (χ3v) is 5.27. The highest BCUT2D eigenvalue weighted by Crippen LogP contribution is 2.35. The summed E-state index contributed by atoms with van der Waals surface area (Å²) in [6.45, 7) is 0.378. The predicted molar refractivity (Wildman–Crippen MR) is 99.8 cm³/mol. The molecule has 136 valence electrons. The van der Waals surface area contributed by atoms with Crippen LogP contribution in [0.4, 0.5) is 0 Å². The van der Waals surface area contributed by atoms with Crippen LogP contribution in [0.2, 0.25) is 0 Å². The van der Waals surface area contributed by atoms with Gasteiger partial charge in [-0.05, 0) is 29.8 Å². The van der Waals surface area contributed by atoms with Crippen molar-refractivity contribution >= 4 is 16.3 Å². The maximum atomic E-state index is 6.04. The smallest absolute Gasteiger partial charge is 0.234 e. The van der Waals surface area contributed by atoms with E-state index in [2.05, 4.69) is 15.3 Å². The Morgan fingerprint density at radius 1 is 1.11 bits per heavy atom. The van der Waals surface area contributed by atoms with E-state index in [4.69, 9.17) is 14.2 Å². The van der Waals surface area contributed by atoms with Crippen molar-refractivity contribution in [2.75, 3.05) is 13.7 Å². The highest BCUT2D eigenvalue weighted by atomic mass is 32.1. The third-order valence-electron chi connectivity index (χ3n) is 4.37. The molecule has 0 amide bonds. The second-order valence-corrected chi connectivity index (χ2v) is 7.18. The van der Waals surface area contributed by atoms with Crippen LogP contribution >= 0.6 is 11.3 Å². The van der Waals surface area contributed by atoms with Gasteiger partial charge in [0.25, 0.3) is 0 Å². The first-order valence-corrected chi connectivity index (χ1v) is 9.34. The summed E-state index contributed by atoms with van der Waals surface area (Å²) in [6, 6.07) is 15.6. The highest BCUT2D eigenvalue weighted by molar-refractivity contribution is 7.16. The van der Waals surface area contributed by atoms with E-state index in [0.717, 1.165) is 33.5 Å². The Labute approximate surface area is 159 Å². The number of benzene rings is 2. The molecule has 0 bridgehead atoms. The maximum absolute atomic E-state index is 6.04. The topological polar surface area (TPSA) is 70.8 Å². The quantitative estimate of drug-likeness (QED) is 0.541. The van der Waals surface area contributed by atoms with Crippen LogP contribution in [-0.2, 0) is 6.42 Å². The van der Waals surface area contributed by atoms with Gasteiger partial charge in [0.2, 0.25) is 4.96 Å². The molecule has 2 aromatic heterocycles. The number of fused-ring (bicyclic) bond motifs is 2. The standard InChI is InChI=1S/C19H16N4O3S/c1-24-13-8-6-12(7-9-13)10-17-22-23-18(20-21-19(23)27-17)16-11-25-14-4-2-3-5-15(14)26-16/h2-9,16H,10-11H2,1H3/t16-/m1/s1. The Hall–Kier alpha value is -3.13. The minimum absolute atomic E-state index is 0.342. The van der Waals surface area contributed by atoms with E-state index < -0.39 is 0 Å². The van der Waals surface area contributed by atoms with E-state index in [1.54, 1.807) is 11.6 Å². The molecule has 1 atom stereocenters. The summed E-state index contributed by atoms with van der Waals surface area (Å²) >= 11 is 1.52. The van der Waals surface area contributed by atoms with Crippen LogP contribution in [0.3, 0.4) is 0 Å². The number of hydrogen-bond acceptors (Lipinski definition) is 7. The second kappa shape index (κ2) is 6.55. The van der Waals surface area contributed by atoms with Crippen molar-refractivity contribution in [3.63, 3.8) is 0 Å². The fourth-order valence-electron chi connectivity index (χ4n) is 3.01. The molecule has 0 N–H and O–H groups in total. The predicted octanol–water partition coefficient (Wildman–Crippen LogP) is 3.30. The normalized spacial score (nSPS) is 15.8. The molecule has 7 nitrogen and oxygen atoms in total. The lowest BCUT2D eigenvalue weighted by molar-refractivity contribution is 0.0836. The number of nitrogens with zero attached hydrogens (tertiary/aromatic N) is 4. The minimum Gasteiger partial charge on any atom is -0.497 e. The van der Waals surface area contributed by atoms with E-state index in [9.17, 15) is 0 Å². The van der Waals surface area contributed by atoms with Crippen LogP contribution < -0.4 is 14.2 Å². The minimum atomic E-state index is -0.342. The van der Waals surface area contributed by atoms with Crippen molar-refractivity contribution in [3.8, 4) is 17.2 Å². The largest absolute Gasteiger partial charge is 0.497 e. The fourth-order valence-corrected chi connectivity index (χ4v) is 3.88. The van der Waals surface area contributed by atoms with Crippen molar-refractivity contribution < 1.29 is 14.2 Å². The van der Waals surface area contributed by atoms with Crippen molar-refractivity contribution in [3.05, 3.63) is 64.9 Å². The summed E-state index contributed by atoms with van der Waals surface area (Å²) in [5, 5.41) is 14.2. The molecule has 2 aromatic carbocycles. The number of hydrogen-bond donors (Lipinski definition) is 0. The van der Waals surface area contributed by atoms with Crippen LogP contribution in [0.15, 0.2) is 48.5 Å². The highest BCUT2D eigenvalue weighted by Gasteiger charge is 2.28. The molecule has 1 aliphatic rings. The molecule has 4 aromatic rings. The molecular weight excluding hydrogens is 364 g/mol. The Bertz CT molecular complexity index is 1090. The molecule has 0 saturated carbocycles. The van der Waals surface area contributed by atoms with Gasteiger partial charge in [-0.25, -0.2) is 0 Å². The molecule has 0 spiro atoms. The zero-order chi connectivity index (χ0) is 18.2. The Kier molecular flexibility index (Phi) is 3.90. The molecule has 0 radical (unpaired) electrons. The molecule has 0 saturated heterocycles. The van der Waals surface area contributed by atoms with Gasteiger partial charge in [0.15, 0.2) is 23.4 Å². The van der Waals surface area contributed by atoms with Crippen molar-refractivity contribution in [2.45, 2.75) is 12.5 Å². The lowest BCUT2D eigenvalue weighted by Gasteiger charge is -2.24. The summed E-state index contributed by atoms with van der Waals surface area (Å²) in [4.78, 5) is 0.746. The average Bonchev–Trinajstić information content (AvgIpc) is 3.28. The Balaban J connectivity index is 1.40. The summed E-state index contributed by atoms with van der Waals surface area (Å²) in [7, 11) is 1.66. The number of methoxy groups -OCH3 is 1. The molecule has 1 aliphatic heterocycles. The van der Waals surface area contributed by atoms with Gasteiger partial charge in [0, 0.05) is 6.42 Å². The molecule has 8 heteroatoms. The van der Waals surface area contributed by atoms with Gasteiger partial charge in [0.05, 0.1) is 7.11 Å². The first-order valence-electron chi connectivity index (χ1n) is 8.52. The number of rotatable bonds is 4. The van der Waals surface area contributed by atoms with Gasteiger partial charge in [-0.15, -0.1) is 10.2 Å². The summed E-state index contributed by atoms with van der Waals surface area (Å²) in [5.41, 5.74) is 1.16. The Morgan fingerprint density at radius 2 is 1.93 bits per heavy atom. The maximum Gasteiger partial charge on any atom is 0.234 e. The van der Waals surface area contributed by atoms with Gasteiger partial charge < -0.3 is 14.2 Å². The summed E-state index contributed by atoms with van der Waals surface area (Å²) in [6.07, 6.45) is 0.383. The zero-order valence-electron chi connectivity index (χ0n) is 14.5. The molecule has 5 rings (SSSR count). The molecular formula is C19H16N4O3S. The lowest BCUT2D eigenvalue weighted by atomic mass is 10.1. The van der Waals surface area contributed by atoms with Crippen LogP contribution in [0.5, 0.6) is 17.2 Å². The number of ether oxygens (including phenoxy) is 3. The number of aromatic nitrogens is 4. The summed E-state index contributed by atoms with van der Waals surface area (Å²) < 4.78 is 18.8. The third kappa shape index (κ3) is 2.97. The van der Waals surface area contributed by atoms with Crippen LogP contribution in [-0.4, -0.2) is 33.5 Å². The van der Waals surface area contributed by atoms with Crippen molar-refractivity contribution in [1.82, 2.24) is 19.8 Å². The molecule has 3 heterocycles. The van der Waals surface area contributed by atoms with Gasteiger partial charge in [-0.1, -0.05) is 35.6 Å². The average molecular weight is 380 g/mol. The molecule has 27 heavy (non-hydrogen) atoms. The molecule has 0 unspecified atom stereocenters. The van der Waals surface area contributed by atoms with Crippen LogP contribution in [0.1, 0.15) is 22.5 Å². The van der Waals surface area contributed by atoms with Crippen LogP contribution in [0, 0.1) is 0 Å². The summed E-state index contributed by atoms with van der Waals surface area (Å²) in [5.74, 6) is 2.94. The van der Waals surface area contributed by atoms with E-state index in [-0.39, 0.29) is 6.10 Å². The fraction of sp³-hybridized carbons (Fsp3) is 0.211. The van der Waals surface area contributed by atoms with E-state index >= 15 is 0 Å². The molecule has 0 fully saturated rings. The van der Waals surface area contributed by atoms with Gasteiger partial charge in [-0.3, -0.25) is 0 Å². The Morgan fingerprint density at radius 3 is 2.74 bits per heavy atom. The van der Waals surface area contributed by atoms with E-state index in [1.165, 1.54) is 11.3 Å². The first kappa shape index (κ1) is 16.1. The van der Waals surface area contributed by atoms with Gasteiger partial charge >= 0.3 is 0 Å². The zero-order valence-corrected chi connectivity index (χ0v) is 15.3. The lowest BCUT2D eigenvalue weighted by Crippen LogP contribution is -2.23. The second-order valence-electron chi connectivity index (χ2n) is 6.14. The SMILES string of the molecule is COc1ccc(Cc2nn3c([C@H]4COc5ccccc5O4)nnc3s2)cc1. The van der Waals surface area contributed by atoms with Crippen LogP contribution in [0.25, 0.3) is 4.96 Å². The number of para-hydroxylation sites is 2. The monoisotopic (exact) mass is 380 g/mol.